The lowest BCUT2D eigenvalue weighted by Crippen LogP contribution is -2.40. The highest BCUT2D eigenvalue weighted by atomic mass is 16.1. The van der Waals surface area contributed by atoms with Gasteiger partial charge in [-0.2, -0.15) is 0 Å². The largest absolute Gasteiger partial charge is 0.299 e. The van der Waals surface area contributed by atoms with E-state index in [1.807, 2.05) is 0 Å². The van der Waals surface area contributed by atoms with Gasteiger partial charge in [0.15, 0.2) is 0 Å². The van der Waals surface area contributed by atoms with E-state index in [1.165, 1.54) is 6.42 Å². The molecule has 1 nitrogen and oxygen atoms in total. The summed E-state index contributed by atoms with van der Waals surface area (Å²) in [6.45, 7) is 8.26. The van der Waals surface area contributed by atoms with Crippen molar-refractivity contribution in [1.29, 1.82) is 0 Å². The van der Waals surface area contributed by atoms with Crippen molar-refractivity contribution in [3.8, 4) is 0 Å². The lowest BCUT2D eigenvalue weighted by Gasteiger charge is -2.38. The van der Waals surface area contributed by atoms with Crippen LogP contribution >= 0.6 is 0 Å². The molecule has 1 aliphatic carbocycles. The molecule has 0 atom stereocenters. The van der Waals surface area contributed by atoms with Crippen molar-refractivity contribution in [3.63, 3.8) is 0 Å². The molecule has 1 aliphatic rings. The molecular weight excluding hydrogens is 136 g/mol. The Morgan fingerprint density at radius 3 is 1.64 bits per heavy atom. The monoisotopic (exact) mass is 154 g/mol. The molecule has 0 bridgehead atoms. The Morgan fingerprint density at radius 2 is 1.36 bits per heavy atom. The minimum absolute atomic E-state index is 0.0677. The van der Waals surface area contributed by atoms with E-state index in [2.05, 4.69) is 27.7 Å². The molecule has 0 aromatic heterocycles. The Bertz CT molecular complexity index is 159. The summed E-state index contributed by atoms with van der Waals surface area (Å²) in [5, 5.41) is 0. The average Bonchev–Trinajstić information content (AvgIpc) is 1.82. The third-order valence-corrected chi connectivity index (χ3v) is 2.83. The van der Waals surface area contributed by atoms with E-state index in [-0.39, 0.29) is 10.8 Å². The number of rotatable bonds is 0. The normalized spacial score (nSPS) is 28.5. The minimum Gasteiger partial charge on any atom is -0.299 e. The molecule has 0 saturated heterocycles. The maximum atomic E-state index is 11.8. The fourth-order valence-electron chi connectivity index (χ4n) is 2.12. The Morgan fingerprint density at radius 1 is 1.00 bits per heavy atom. The van der Waals surface area contributed by atoms with Crippen LogP contribution in [0.5, 0.6) is 0 Å². The van der Waals surface area contributed by atoms with Crippen LogP contribution in [0, 0.1) is 10.8 Å². The van der Waals surface area contributed by atoms with Crippen LogP contribution in [0.4, 0.5) is 0 Å². The zero-order chi connectivity index (χ0) is 8.70. The Hall–Kier alpha value is -0.330. The summed E-state index contributed by atoms with van der Waals surface area (Å²) in [6, 6.07) is 0. The van der Waals surface area contributed by atoms with Crippen molar-refractivity contribution in [1.82, 2.24) is 0 Å². The Balaban J connectivity index is 2.85. The molecule has 1 heteroatoms. The first-order chi connectivity index (χ1) is 4.86. The molecule has 0 aliphatic heterocycles. The van der Waals surface area contributed by atoms with Gasteiger partial charge < -0.3 is 0 Å². The molecular formula is C10H18O. The molecule has 0 unspecified atom stereocenters. The summed E-state index contributed by atoms with van der Waals surface area (Å²) in [4.78, 5) is 11.8. The molecule has 0 heterocycles. The third-order valence-electron chi connectivity index (χ3n) is 2.83. The standard InChI is InChI=1S/C10H18O/c1-9(2)6-5-7-10(3,4)8(9)11/h5-7H2,1-4H3. The van der Waals surface area contributed by atoms with Gasteiger partial charge in [-0.25, -0.2) is 0 Å². The molecule has 0 aromatic carbocycles. The van der Waals surface area contributed by atoms with E-state index in [0.29, 0.717) is 5.78 Å². The highest BCUT2D eigenvalue weighted by Gasteiger charge is 2.41. The molecule has 64 valence electrons. The topological polar surface area (TPSA) is 17.1 Å². The summed E-state index contributed by atoms with van der Waals surface area (Å²) in [5.41, 5.74) is -0.135. The molecule has 1 fully saturated rings. The number of hydrogen-bond donors (Lipinski definition) is 0. The van der Waals surface area contributed by atoms with Gasteiger partial charge in [0.05, 0.1) is 0 Å². The second-order valence-corrected chi connectivity index (χ2v) is 4.95. The first-order valence-electron chi connectivity index (χ1n) is 4.41. The van der Waals surface area contributed by atoms with Gasteiger partial charge >= 0.3 is 0 Å². The maximum absolute atomic E-state index is 11.8. The molecule has 0 N–H and O–H groups in total. The minimum atomic E-state index is -0.0677. The summed E-state index contributed by atoms with van der Waals surface area (Å²) in [5.74, 6) is 0.441. The van der Waals surface area contributed by atoms with E-state index in [0.717, 1.165) is 12.8 Å². The SMILES string of the molecule is CC1(C)CCCC(C)(C)C1=O. The molecule has 1 saturated carbocycles. The van der Waals surface area contributed by atoms with E-state index < -0.39 is 0 Å². The van der Waals surface area contributed by atoms with Gasteiger partial charge in [0.2, 0.25) is 0 Å². The molecule has 0 radical (unpaired) electrons. The van der Waals surface area contributed by atoms with Crippen molar-refractivity contribution >= 4 is 5.78 Å². The average molecular weight is 154 g/mol. The lowest BCUT2D eigenvalue weighted by molar-refractivity contribution is -0.139. The van der Waals surface area contributed by atoms with Crippen molar-refractivity contribution in [3.05, 3.63) is 0 Å². The van der Waals surface area contributed by atoms with Gasteiger partial charge in [-0.05, 0) is 12.8 Å². The zero-order valence-corrected chi connectivity index (χ0v) is 8.03. The Labute approximate surface area is 69.2 Å². The first-order valence-corrected chi connectivity index (χ1v) is 4.41. The van der Waals surface area contributed by atoms with Crippen LogP contribution in [0.2, 0.25) is 0 Å². The number of carbonyl (C=O) groups is 1. The number of carbonyl (C=O) groups excluding carboxylic acids is 1. The van der Waals surface area contributed by atoms with Crippen LogP contribution in [0.3, 0.4) is 0 Å². The van der Waals surface area contributed by atoms with Crippen LogP contribution in [-0.2, 0) is 4.79 Å². The smallest absolute Gasteiger partial charge is 0.144 e. The van der Waals surface area contributed by atoms with Gasteiger partial charge in [0, 0.05) is 10.8 Å². The number of ketones is 1. The highest BCUT2D eigenvalue weighted by molar-refractivity contribution is 5.89. The zero-order valence-electron chi connectivity index (χ0n) is 8.03. The van der Waals surface area contributed by atoms with Gasteiger partial charge in [-0.15, -0.1) is 0 Å². The van der Waals surface area contributed by atoms with Crippen molar-refractivity contribution < 1.29 is 4.79 Å². The maximum Gasteiger partial charge on any atom is 0.144 e. The van der Waals surface area contributed by atoms with Crippen LogP contribution in [0.15, 0.2) is 0 Å². The molecule has 1 rings (SSSR count). The van der Waals surface area contributed by atoms with Crippen molar-refractivity contribution in [2.24, 2.45) is 10.8 Å². The summed E-state index contributed by atoms with van der Waals surface area (Å²) < 4.78 is 0. The molecule has 0 spiro atoms. The van der Waals surface area contributed by atoms with Crippen molar-refractivity contribution in [2.75, 3.05) is 0 Å². The third kappa shape index (κ3) is 1.47. The number of hydrogen-bond acceptors (Lipinski definition) is 1. The predicted molar refractivity (Wildman–Crippen MR) is 46.4 cm³/mol. The lowest BCUT2D eigenvalue weighted by atomic mass is 9.64. The van der Waals surface area contributed by atoms with Gasteiger partial charge in [-0.3, -0.25) is 4.79 Å². The molecule has 11 heavy (non-hydrogen) atoms. The van der Waals surface area contributed by atoms with E-state index in [9.17, 15) is 4.79 Å². The second-order valence-electron chi connectivity index (χ2n) is 4.95. The number of Topliss-reactive ketones (excluding diaryl/α,β-unsaturated/α-hetero) is 1. The molecule has 0 amide bonds. The van der Waals surface area contributed by atoms with Crippen molar-refractivity contribution in [2.45, 2.75) is 47.0 Å². The van der Waals surface area contributed by atoms with E-state index >= 15 is 0 Å². The summed E-state index contributed by atoms with van der Waals surface area (Å²) in [6.07, 6.45) is 3.33. The quantitative estimate of drug-likeness (QED) is 0.524. The van der Waals surface area contributed by atoms with Crippen LogP contribution in [0.25, 0.3) is 0 Å². The summed E-state index contributed by atoms with van der Waals surface area (Å²) in [7, 11) is 0. The van der Waals surface area contributed by atoms with Crippen LogP contribution < -0.4 is 0 Å². The van der Waals surface area contributed by atoms with Crippen LogP contribution in [-0.4, -0.2) is 5.78 Å². The Kier molecular flexibility index (Phi) is 1.85. The van der Waals surface area contributed by atoms with E-state index in [1.54, 1.807) is 0 Å². The fraction of sp³-hybridized carbons (Fsp3) is 0.900. The fourth-order valence-corrected chi connectivity index (χ4v) is 2.12. The van der Waals surface area contributed by atoms with Crippen LogP contribution in [0.1, 0.15) is 47.0 Å². The summed E-state index contributed by atoms with van der Waals surface area (Å²) >= 11 is 0. The predicted octanol–water partition coefficient (Wildman–Crippen LogP) is 2.79. The molecule has 0 aromatic rings. The highest BCUT2D eigenvalue weighted by Crippen LogP contribution is 2.42. The van der Waals surface area contributed by atoms with E-state index in [4.69, 9.17) is 0 Å². The van der Waals surface area contributed by atoms with Gasteiger partial charge in [0.25, 0.3) is 0 Å². The second kappa shape index (κ2) is 2.33. The van der Waals surface area contributed by atoms with Gasteiger partial charge in [-0.1, -0.05) is 34.1 Å². The van der Waals surface area contributed by atoms with Gasteiger partial charge in [0.1, 0.15) is 5.78 Å². The first kappa shape index (κ1) is 8.76.